The fourth-order valence-corrected chi connectivity index (χ4v) is 3.53. The molecule has 1 N–H and O–H groups in total. The van der Waals surface area contributed by atoms with E-state index in [4.69, 9.17) is 25.8 Å². The third-order valence-electron chi connectivity index (χ3n) is 5.06. The molecule has 168 valence electrons. The van der Waals surface area contributed by atoms with Gasteiger partial charge in [0, 0.05) is 24.5 Å². The molecule has 1 aliphatic heterocycles. The first kappa shape index (κ1) is 23.1. The first-order valence-electron chi connectivity index (χ1n) is 9.92. The zero-order valence-electron chi connectivity index (χ0n) is 16.3. The zero-order valence-corrected chi connectivity index (χ0v) is 17.1. The average molecular weight is 452 g/mol. The van der Waals surface area contributed by atoms with E-state index in [1.54, 1.807) is 24.3 Å². The van der Waals surface area contributed by atoms with Crippen LogP contribution < -0.4 is 10.1 Å². The van der Waals surface area contributed by atoms with Gasteiger partial charge in [-0.2, -0.15) is 0 Å². The Bertz CT molecular complexity index is 674. The van der Waals surface area contributed by atoms with Gasteiger partial charge in [-0.15, -0.1) is 13.2 Å². The molecule has 0 spiro atoms. The number of hydrogen-bond donors (Lipinski definition) is 1. The number of carbonyl (C=O) groups is 1. The minimum atomic E-state index is -4.58. The fourth-order valence-electron chi connectivity index (χ4n) is 3.40. The number of rotatable bonds is 9. The van der Waals surface area contributed by atoms with E-state index < -0.39 is 12.5 Å². The molecule has 1 saturated heterocycles. The van der Waals surface area contributed by atoms with Gasteiger partial charge in [0.05, 0.1) is 31.0 Å². The standard InChI is InChI=1S/C20H25ClF3NO5/c21-13-1-4-15(5-2-13)29-12-19(26)25-14-3-6-16(28-11-14)7-8-27-17-9-18(10-17)30-20(22,23)24/h1-2,4-5,14,16-18H,3,6-12H2,(H,25,26)/t14-,16+,17-,18+/m1/s1. The number of benzene rings is 1. The van der Waals surface area contributed by atoms with Crippen molar-refractivity contribution in [3.05, 3.63) is 29.3 Å². The Labute approximate surface area is 177 Å². The molecule has 0 aromatic heterocycles. The molecule has 1 amide bonds. The summed E-state index contributed by atoms with van der Waals surface area (Å²) >= 11 is 5.80. The van der Waals surface area contributed by atoms with Crippen molar-refractivity contribution >= 4 is 17.5 Å². The summed E-state index contributed by atoms with van der Waals surface area (Å²) in [6, 6.07) is 6.69. The Balaban J connectivity index is 1.22. The van der Waals surface area contributed by atoms with E-state index in [1.807, 2.05) is 0 Å². The van der Waals surface area contributed by atoms with E-state index in [0.29, 0.717) is 30.4 Å². The lowest BCUT2D eigenvalue weighted by atomic mass is 9.92. The number of amides is 1. The monoisotopic (exact) mass is 451 g/mol. The summed E-state index contributed by atoms with van der Waals surface area (Å²) in [4.78, 5) is 12.0. The first-order chi connectivity index (χ1) is 14.3. The number of alkyl halides is 3. The summed E-state index contributed by atoms with van der Waals surface area (Å²) in [5.74, 6) is 0.346. The van der Waals surface area contributed by atoms with E-state index in [0.717, 1.165) is 12.8 Å². The molecule has 1 heterocycles. The maximum atomic E-state index is 12.1. The molecule has 1 aromatic carbocycles. The Kier molecular flexibility index (Phi) is 8.21. The minimum Gasteiger partial charge on any atom is -0.484 e. The molecule has 3 rings (SSSR count). The SMILES string of the molecule is O=C(COc1ccc(Cl)cc1)N[C@@H]1CC[C@@H](CCO[C@H]2C[C@@H](OC(F)(F)F)C2)OC1. The van der Waals surface area contributed by atoms with Crippen molar-refractivity contribution in [3.8, 4) is 5.75 Å². The normalized spacial score (nSPS) is 26.7. The van der Waals surface area contributed by atoms with Crippen LogP contribution in [-0.2, 0) is 19.0 Å². The van der Waals surface area contributed by atoms with Gasteiger partial charge in [-0.3, -0.25) is 9.53 Å². The van der Waals surface area contributed by atoms with Crippen LogP contribution in [0.5, 0.6) is 5.75 Å². The first-order valence-corrected chi connectivity index (χ1v) is 10.3. The van der Waals surface area contributed by atoms with Crippen LogP contribution in [-0.4, -0.2) is 56.4 Å². The van der Waals surface area contributed by atoms with Crippen molar-refractivity contribution in [1.29, 1.82) is 0 Å². The summed E-state index contributed by atoms with van der Waals surface area (Å²) < 4.78 is 56.9. The van der Waals surface area contributed by atoms with Crippen molar-refractivity contribution in [1.82, 2.24) is 5.32 Å². The average Bonchev–Trinajstić information content (AvgIpc) is 2.66. The lowest BCUT2D eigenvalue weighted by molar-refractivity contribution is -0.357. The van der Waals surface area contributed by atoms with Crippen molar-refractivity contribution < 1.29 is 36.9 Å². The van der Waals surface area contributed by atoms with Crippen molar-refractivity contribution in [2.75, 3.05) is 19.8 Å². The van der Waals surface area contributed by atoms with Crippen LogP contribution in [0.1, 0.15) is 32.1 Å². The molecular weight excluding hydrogens is 427 g/mol. The molecule has 10 heteroatoms. The van der Waals surface area contributed by atoms with Gasteiger partial charge in [0.1, 0.15) is 5.75 Å². The molecule has 0 bridgehead atoms. The molecule has 2 fully saturated rings. The van der Waals surface area contributed by atoms with Gasteiger partial charge in [-0.25, -0.2) is 0 Å². The number of ether oxygens (including phenoxy) is 4. The van der Waals surface area contributed by atoms with Crippen molar-refractivity contribution in [2.24, 2.45) is 0 Å². The second kappa shape index (κ2) is 10.7. The van der Waals surface area contributed by atoms with E-state index >= 15 is 0 Å². The van der Waals surface area contributed by atoms with Gasteiger partial charge < -0.3 is 19.5 Å². The predicted octanol–water partition coefficient (Wildman–Crippen LogP) is 3.86. The second-order valence-electron chi connectivity index (χ2n) is 7.48. The highest BCUT2D eigenvalue weighted by Gasteiger charge is 2.40. The van der Waals surface area contributed by atoms with Crippen LogP contribution in [0.15, 0.2) is 24.3 Å². The predicted molar refractivity (Wildman–Crippen MR) is 102 cm³/mol. The Morgan fingerprint density at radius 1 is 1.17 bits per heavy atom. The maximum Gasteiger partial charge on any atom is 0.522 e. The molecule has 1 saturated carbocycles. The summed E-state index contributed by atoms with van der Waals surface area (Å²) in [6.07, 6.45) is -2.80. The number of hydrogen-bond acceptors (Lipinski definition) is 5. The highest BCUT2D eigenvalue weighted by molar-refractivity contribution is 6.30. The Morgan fingerprint density at radius 3 is 2.53 bits per heavy atom. The van der Waals surface area contributed by atoms with Gasteiger partial charge in [0.2, 0.25) is 0 Å². The van der Waals surface area contributed by atoms with Crippen LogP contribution >= 0.6 is 11.6 Å². The lowest BCUT2D eigenvalue weighted by Crippen LogP contribution is -2.45. The Morgan fingerprint density at radius 2 is 1.90 bits per heavy atom. The quantitative estimate of drug-likeness (QED) is 0.617. The van der Waals surface area contributed by atoms with Crippen LogP contribution in [0, 0.1) is 0 Å². The van der Waals surface area contributed by atoms with Crippen LogP contribution in [0.4, 0.5) is 13.2 Å². The third kappa shape index (κ3) is 7.94. The van der Waals surface area contributed by atoms with Gasteiger partial charge in [0.25, 0.3) is 5.91 Å². The highest BCUT2D eigenvalue weighted by atomic mass is 35.5. The molecule has 0 radical (unpaired) electrons. The van der Waals surface area contributed by atoms with E-state index in [2.05, 4.69) is 10.1 Å². The fraction of sp³-hybridized carbons (Fsp3) is 0.650. The minimum absolute atomic E-state index is 0.0192. The zero-order chi connectivity index (χ0) is 21.6. The molecule has 2 aliphatic rings. The van der Waals surface area contributed by atoms with Crippen molar-refractivity contribution in [3.63, 3.8) is 0 Å². The summed E-state index contributed by atoms with van der Waals surface area (Å²) in [5, 5.41) is 3.48. The number of carbonyl (C=O) groups excluding carboxylic acids is 1. The maximum absolute atomic E-state index is 12.1. The molecular formula is C20H25ClF3NO5. The van der Waals surface area contributed by atoms with E-state index in [1.165, 1.54) is 0 Å². The summed E-state index contributed by atoms with van der Waals surface area (Å²) in [5.41, 5.74) is 0. The smallest absolute Gasteiger partial charge is 0.484 e. The summed E-state index contributed by atoms with van der Waals surface area (Å²) in [7, 11) is 0. The van der Waals surface area contributed by atoms with Gasteiger partial charge in [0.15, 0.2) is 6.61 Å². The highest BCUT2D eigenvalue weighted by Crippen LogP contribution is 2.32. The topological polar surface area (TPSA) is 66.0 Å². The van der Waals surface area contributed by atoms with Crippen molar-refractivity contribution in [2.45, 2.75) is 62.8 Å². The summed E-state index contributed by atoms with van der Waals surface area (Å²) in [6.45, 7) is 0.748. The molecule has 6 nitrogen and oxygen atoms in total. The van der Waals surface area contributed by atoms with Crippen LogP contribution in [0.25, 0.3) is 0 Å². The molecule has 0 unspecified atom stereocenters. The third-order valence-corrected chi connectivity index (χ3v) is 5.32. The lowest BCUT2D eigenvalue weighted by Gasteiger charge is -2.35. The van der Waals surface area contributed by atoms with E-state index in [9.17, 15) is 18.0 Å². The second-order valence-corrected chi connectivity index (χ2v) is 7.91. The molecule has 30 heavy (non-hydrogen) atoms. The van der Waals surface area contributed by atoms with Gasteiger partial charge in [-0.05, 0) is 43.5 Å². The largest absolute Gasteiger partial charge is 0.522 e. The van der Waals surface area contributed by atoms with Gasteiger partial charge >= 0.3 is 6.36 Å². The van der Waals surface area contributed by atoms with Crippen LogP contribution in [0.2, 0.25) is 5.02 Å². The molecule has 1 aromatic rings. The molecule has 1 aliphatic carbocycles. The molecule has 2 atom stereocenters. The Hall–Kier alpha value is -1.55. The number of nitrogens with one attached hydrogen (secondary N) is 1. The van der Waals surface area contributed by atoms with Crippen LogP contribution in [0.3, 0.4) is 0 Å². The van der Waals surface area contributed by atoms with Gasteiger partial charge in [-0.1, -0.05) is 11.6 Å². The van der Waals surface area contributed by atoms with E-state index in [-0.39, 0.29) is 43.6 Å². The number of halogens is 4.